The smallest absolute Gasteiger partial charge is 0.317 e. The maximum Gasteiger partial charge on any atom is 0.317 e. The summed E-state index contributed by atoms with van der Waals surface area (Å²) in [5.41, 5.74) is 1.12. The van der Waals surface area contributed by atoms with Crippen LogP contribution in [0.2, 0.25) is 0 Å². The molecule has 20 heavy (non-hydrogen) atoms. The minimum Gasteiger partial charge on any atom is -0.481 e. The molecule has 0 fully saturated rings. The van der Waals surface area contributed by atoms with Gasteiger partial charge in [0, 0.05) is 39.0 Å². The minimum atomic E-state index is -0.849. The normalized spacial score (nSPS) is 11.7. The number of carboxylic acid groups (broad SMARTS) is 1. The largest absolute Gasteiger partial charge is 0.481 e. The van der Waals surface area contributed by atoms with E-state index in [1.165, 1.54) is 0 Å². The zero-order valence-corrected chi connectivity index (χ0v) is 11.9. The summed E-state index contributed by atoms with van der Waals surface area (Å²) < 4.78 is 0. The first-order valence-electron chi connectivity index (χ1n) is 6.58. The van der Waals surface area contributed by atoms with Crippen molar-refractivity contribution in [1.29, 1.82) is 0 Å². The van der Waals surface area contributed by atoms with Crippen LogP contribution in [-0.4, -0.2) is 47.1 Å². The van der Waals surface area contributed by atoms with Crippen molar-refractivity contribution < 1.29 is 14.7 Å². The lowest BCUT2D eigenvalue weighted by atomic mass is 10.1. The predicted molar refractivity (Wildman–Crippen MR) is 75.4 cm³/mol. The number of carbonyl (C=O) groups is 2. The van der Waals surface area contributed by atoms with Gasteiger partial charge in [-0.25, -0.2) is 4.79 Å². The first kappa shape index (κ1) is 15.9. The molecule has 0 saturated carbocycles. The summed E-state index contributed by atoms with van der Waals surface area (Å²) in [6.07, 6.45) is 4.27. The highest BCUT2D eigenvalue weighted by Crippen LogP contribution is 2.01. The van der Waals surface area contributed by atoms with Gasteiger partial charge in [-0.2, -0.15) is 0 Å². The van der Waals surface area contributed by atoms with E-state index in [2.05, 4.69) is 10.3 Å². The van der Waals surface area contributed by atoms with Gasteiger partial charge in [0.15, 0.2) is 0 Å². The van der Waals surface area contributed by atoms with Crippen molar-refractivity contribution in [1.82, 2.24) is 15.2 Å². The van der Waals surface area contributed by atoms with Crippen LogP contribution < -0.4 is 5.32 Å². The first-order chi connectivity index (χ1) is 9.49. The fourth-order valence-corrected chi connectivity index (χ4v) is 1.71. The molecule has 0 aliphatic rings. The molecule has 0 saturated heterocycles. The highest BCUT2D eigenvalue weighted by atomic mass is 16.4. The number of aliphatic carboxylic acids is 1. The molecule has 1 aromatic rings. The van der Waals surface area contributed by atoms with Crippen molar-refractivity contribution in [3.8, 4) is 0 Å². The number of likely N-dealkylation sites (N-methyl/N-ethyl adjacent to an activating group) is 1. The lowest BCUT2D eigenvalue weighted by molar-refractivity contribution is -0.137. The molecule has 1 rings (SSSR count). The standard InChI is InChI=1S/C14H21N3O3/c1-11(9-13(18)19)10-16-14(20)17(2)8-5-12-3-6-15-7-4-12/h3-4,6-7,11H,5,8-10H2,1-2H3,(H,16,20)(H,18,19). The monoisotopic (exact) mass is 279 g/mol. The van der Waals surface area contributed by atoms with Crippen molar-refractivity contribution in [2.24, 2.45) is 5.92 Å². The number of carbonyl (C=O) groups excluding carboxylic acids is 1. The van der Waals surface area contributed by atoms with E-state index in [-0.39, 0.29) is 18.4 Å². The third-order valence-corrected chi connectivity index (χ3v) is 2.96. The molecule has 0 bridgehead atoms. The molecule has 0 aliphatic heterocycles. The second-order valence-electron chi connectivity index (χ2n) is 4.92. The van der Waals surface area contributed by atoms with Crippen molar-refractivity contribution >= 4 is 12.0 Å². The highest BCUT2D eigenvalue weighted by molar-refractivity contribution is 5.74. The Balaban J connectivity index is 2.27. The van der Waals surface area contributed by atoms with E-state index in [4.69, 9.17) is 5.11 Å². The van der Waals surface area contributed by atoms with Gasteiger partial charge >= 0.3 is 12.0 Å². The Kier molecular flexibility index (Phi) is 6.49. The molecule has 6 heteroatoms. The van der Waals surface area contributed by atoms with Gasteiger partial charge in [0.25, 0.3) is 0 Å². The number of aromatic nitrogens is 1. The van der Waals surface area contributed by atoms with Gasteiger partial charge in [-0.1, -0.05) is 6.92 Å². The van der Waals surface area contributed by atoms with Crippen LogP contribution in [0.5, 0.6) is 0 Å². The molecule has 6 nitrogen and oxygen atoms in total. The molecule has 1 heterocycles. The van der Waals surface area contributed by atoms with Crippen LogP contribution in [0.25, 0.3) is 0 Å². The van der Waals surface area contributed by atoms with Crippen LogP contribution in [0, 0.1) is 5.92 Å². The van der Waals surface area contributed by atoms with Gasteiger partial charge in [-0.15, -0.1) is 0 Å². The summed E-state index contributed by atoms with van der Waals surface area (Å²) in [7, 11) is 1.72. The summed E-state index contributed by atoms with van der Waals surface area (Å²) in [6.45, 7) is 2.76. The minimum absolute atomic E-state index is 0.0566. The van der Waals surface area contributed by atoms with Crippen LogP contribution >= 0.6 is 0 Å². The van der Waals surface area contributed by atoms with E-state index in [9.17, 15) is 9.59 Å². The second kappa shape index (κ2) is 8.14. The van der Waals surface area contributed by atoms with Gasteiger partial charge in [0.05, 0.1) is 0 Å². The van der Waals surface area contributed by atoms with E-state index < -0.39 is 5.97 Å². The SMILES string of the molecule is CC(CNC(=O)N(C)CCc1ccncc1)CC(=O)O. The van der Waals surface area contributed by atoms with Gasteiger partial charge in [-0.3, -0.25) is 9.78 Å². The van der Waals surface area contributed by atoms with Crippen LogP contribution in [0.4, 0.5) is 4.79 Å². The van der Waals surface area contributed by atoms with Crippen molar-refractivity contribution in [2.75, 3.05) is 20.1 Å². The van der Waals surface area contributed by atoms with Gasteiger partial charge in [0.2, 0.25) is 0 Å². The maximum absolute atomic E-state index is 11.8. The van der Waals surface area contributed by atoms with E-state index in [1.54, 1.807) is 31.3 Å². The summed E-state index contributed by atoms with van der Waals surface area (Å²) in [6, 6.07) is 3.65. The predicted octanol–water partition coefficient (Wildman–Crippen LogP) is 1.38. The van der Waals surface area contributed by atoms with Gasteiger partial charge in [-0.05, 0) is 30.0 Å². The molecule has 1 unspecified atom stereocenters. The average molecular weight is 279 g/mol. The number of hydrogen-bond donors (Lipinski definition) is 2. The van der Waals surface area contributed by atoms with E-state index >= 15 is 0 Å². The van der Waals surface area contributed by atoms with Crippen LogP contribution in [-0.2, 0) is 11.2 Å². The Bertz CT molecular complexity index is 437. The quantitative estimate of drug-likeness (QED) is 0.790. The van der Waals surface area contributed by atoms with E-state index in [0.717, 1.165) is 12.0 Å². The third kappa shape index (κ3) is 6.17. The summed E-state index contributed by atoms with van der Waals surface area (Å²) in [5.74, 6) is -0.928. The molecule has 0 radical (unpaired) electrons. The summed E-state index contributed by atoms with van der Waals surface area (Å²) in [5, 5.41) is 11.4. The third-order valence-electron chi connectivity index (χ3n) is 2.96. The number of hydrogen-bond acceptors (Lipinski definition) is 3. The number of urea groups is 1. The number of amides is 2. The zero-order valence-electron chi connectivity index (χ0n) is 11.9. The average Bonchev–Trinajstić information content (AvgIpc) is 2.42. The Morgan fingerprint density at radius 1 is 1.40 bits per heavy atom. The van der Waals surface area contributed by atoms with Gasteiger partial charge < -0.3 is 15.3 Å². The van der Waals surface area contributed by atoms with Crippen molar-refractivity contribution in [3.63, 3.8) is 0 Å². The first-order valence-corrected chi connectivity index (χ1v) is 6.58. The lowest BCUT2D eigenvalue weighted by Gasteiger charge is -2.19. The Morgan fingerprint density at radius 2 is 2.05 bits per heavy atom. The maximum atomic E-state index is 11.8. The van der Waals surface area contributed by atoms with Crippen LogP contribution in [0.15, 0.2) is 24.5 Å². The topological polar surface area (TPSA) is 82.5 Å². The van der Waals surface area contributed by atoms with Crippen LogP contribution in [0.1, 0.15) is 18.9 Å². The molecular weight excluding hydrogens is 258 g/mol. The number of pyridine rings is 1. The molecule has 1 atom stereocenters. The van der Waals surface area contributed by atoms with E-state index in [1.807, 2.05) is 12.1 Å². The Labute approximate surface area is 118 Å². The Hall–Kier alpha value is -2.11. The molecule has 2 amide bonds. The second-order valence-corrected chi connectivity index (χ2v) is 4.92. The molecule has 0 aromatic carbocycles. The molecule has 0 aliphatic carbocycles. The van der Waals surface area contributed by atoms with Crippen molar-refractivity contribution in [3.05, 3.63) is 30.1 Å². The number of nitrogens with zero attached hydrogens (tertiary/aromatic N) is 2. The fraction of sp³-hybridized carbons (Fsp3) is 0.500. The lowest BCUT2D eigenvalue weighted by Crippen LogP contribution is -2.40. The van der Waals surface area contributed by atoms with Crippen LogP contribution in [0.3, 0.4) is 0 Å². The molecule has 0 spiro atoms. The number of rotatable bonds is 7. The number of nitrogens with one attached hydrogen (secondary N) is 1. The van der Waals surface area contributed by atoms with E-state index in [0.29, 0.717) is 13.1 Å². The van der Waals surface area contributed by atoms with Gasteiger partial charge in [0.1, 0.15) is 0 Å². The summed E-state index contributed by atoms with van der Waals surface area (Å²) >= 11 is 0. The molecule has 1 aromatic heterocycles. The van der Waals surface area contributed by atoms with Crippen molar-refractivity contribution in [2.45, 2.75) is 19.8 Å². The zero-order chi connectivity index (χ0) is 15.0. The number of carboxylic acids is 1. The highest BCUT2D eigenvalue weighted by Gasteiger charge is 2.12. The Morgan fingerprint density at radius 3 is 2.65 bits per heavy atom. The molecule has 110 valence electrons. The fourth-order valence-electron chi connectivity index (χ4n) is 1.71. The molecular formula is C14H21N3O3. The summed E-state index contributed by atoms with van der Waals surface area (Å²) in [4.78, 5) is 27.9. The molecule has 2 N–H and O–H groups in total.